The van der Waals surface area contributed by atoms with Crippen LogP contribution in [-0.2, 0) is 9.53 Å². The van der Waals surface area contributed by atoms with Crippen LogP contribution in [0.2, 0.25) is 0 Å². The maximum atomic E-state index is 11.8. The van der Waals surface area contributed by atoms with Gasteiger partial charge in [-0.05, 0) is 32.3 Å². The fourth-order valence-corrected chi connectivity index (χ4v) is 3.82. The molecule has 1 saturated carbocycles. The van der Waals surface area contributed by atoms with Crippen LogP contribution in [0.1, 0.15) is 56.6 Å². The van der Waals surface area contributed by atoms with Crippen LogP contribution in [0.3, 0.4) is 0 Å². The average Bonchev–Trinajstić information content (AvgIpc) is 2.47. The topological polar surface area (TPSA) is 38.3 Å². The second-order valence-electron chi connectivity index (χ2n) is 6.24. The van der Waals surface area contributed by atoms with E-state index in [9.17, 15) is 4.79 Å². The zero-order valence-corrected chi connectivity index (χ0v) is 15.6. The lowest BCUT2D eigenvalue weighted by Gasteiger charge is -2.48. The Kier molecular flexibility index (Phi) is 5.53. The molecule has 3 rings (SSSR count). The van der Waals surface area contributed by atoms with E-state index in [0.29, 0.717) is 12.5 Å². The summed E-state index contributed by atoms with van der Waals surface area (Å²) in [5, 5.41) is 3.64. The van der Waals surface area contributed by atoms with Crippen LogP contribution in [0.5, 0.6) is 0 Å². The van der Waals surface area contributed by atoms with E-state index in [2.05, 4.69) is 30.4 Å². The molecular formula is C18H24INO2. The number of hydrogen-bond acceptors (Lipinski definition) is 3. The van der Waals surface area contributed by atoms with Gasteiger partial charge >= 0.3 is 5.97 Å². The van der Waals surface area contributed by atoms with E-state index in [0.717, 1.165) is 17.7 Å². The Balaban J connectivity index is 0.00000176. The quantitative estimate of drug-likeness (QED) is 0.448. The molecule has 0 radical (unpaired) electrons. The zero-order chi connectivity index (χ0) is 14.9. The highest BCUT2D eigenvalue weighted by molar-refractivity contribution is 14.0. The highest BCUT2D eigenvalue weighted by Gasteiger charge is 2.42. The molecule has 2 atom stereocenters. The summed E-state index contributed by atoms with van der Waals surface area (Å²) < 4.78 is 5.07. The van der Waals surface area contributed by atoms with E-state index in [1.807, 2.05) is 13.0 Å². The van der Waals surface area contributed by atoms with Gasteiger partial charge in [-0.25, -0.2) is 4.79 Å². The van der Waals surface area contributed by atoms with E-state index < -0.39 is 0 Å². The number of fused-ring (bicyclic) bond motifs is 3. The molecule has 120 valence electrons. The Morgan fingerprint density at radius 2 is 2.18 bits per heavy atom. The largest absolute Gasteiger partial charge is 0.463 e. The standard InChI is InChI=1S/C18H23NO2.HI/c1-3-21-17(20)12-16-14-9-5-4-8-13(14)15-10-6-7-11-18(15,2)19-16;/h4-5,8-9,12,15,19H,3,6-7,10-11H2,1-2H3;1H/b16-12-;. The van der Waals surface area contributed by atoms with Gasteiger partial charge in [0, 0.05) is 28.8 Å². The van der Waals surface area contributed by atoms with Crippen molar-refractivity contribution in [3.63, 3.8) is 0 Å². The molecule has 0 aromatic heterocycles. The lowest BCUT2D eigenvalue weighted by molar-refractivity contribution is -0.137. The Bertz CT molecular complexity index is 584. The predicted octanol–water partition coefficient (Wildman–Crippen LogP) is 4.23. The zero-order valence-electron chi connectivity index (χ0n) is 13.2. The molecule has 0 amide bonds. The van der Waals surface area contributed by atoms with Gasteiger partial charge < -0.3 is 10.1 Å². The summed E-state index contributed by atoms with van der Waals surface area (Å²) in [4.78, 5) is 11.8. The first-order valence-corrected chi connectivity index (χ1v) is 7.90. The van der Waals surface area contributed by atoms with Crippen LogP contribution < -0.4 is 5.32 Å². The highest BCUT2D eigenvalue weighted by Crippen LogP contribution is 2.47. The van der Waals surface area contributed by atoms with E-state index >= 15 is 0 Å². The van der Waals surface area contributed by atoms with Crippen molar-refractivity contribution >= 4 is 35.6 Å². The van der Waals surface area contributed by atoms with E-state index in [1.54, 1.807) is 6.08 Å². The number of hydrogen-bond donors (Lipinski definition) is 1. The second-order valence-corrected chi connectivity index (χ2v) is 6.24. The average molecular weight is 413 g/mol. The fraction of sp³-hybridized carbons (Fsp3) is 0.500. The van der Waals surface area contributed by atoms with Gasteiger partial charge in [-0.15, -0.1) is 24.0 Å². The van der Waals surface area contributed by atoms with E-state index in [1.165, 1.54) is 24.8 Å². The Hall–Kier alpha value is -1.04. The van der Waals surface area contributed by atoms with Gasteiger partial charge in [0.1, 0.15) is 0 Å². The lowest BCUT2D eigenvalue weighted by Crippen LogP contribution is -2.51. The number of benzene rings is 1. The number of carbonyl (C=O) groups is 1. The van der Waals surface area contributed by atoms with Crippen LogP contribution in [0.4, 0.5) is 0 Å². The second kappa shape index (κ2) is 7.02. The molecule has 2 aliphatic rings. The molecule has 0 spiro atoms. The van der Waals surface area contributed by atoms with Crippen molar-refractivity contribution in [2.75, 3.05) is 6.61 Å². The monoisotopic (exact) mass is 413 g/mol. The van der Waals surface area contributed by atoms with E-state index in [-0.39, 0.29) is 35.5 Å². The number of ether oxygens (including phenoxy) is 1. The van der Waals surface area contributed by atoms with Gasteiger partial charge in [0.15, 0.2) is 0 Å². The number of esters is 1. The summed E-state index contributed by atoms with van der Waals surface area (Å²) in [6.45, 7) is 4.52. The minimum atomic E-state index is -0.271. The predicted molar refractivity (Wildman–Crippen MR) is 99.2 cm³/mol. The molecule has 1 N–H and O–H groups in total. The minimum Gasteiger partial charge on any atom is -0.463 e. The molecule has 3 nitrogen and oxygen atoms in total. The lowest BCUT2D eigenvalue weighted by atomic mass is 9.67. The molecule has 0 saturated heterocycles. The molecule has 1 aliphatic heterocycles. The van der Waals surface area contributed by atoms with E-state index in [4.69, 9.17) is 4.74 Å². The SMILES string of the molecule is CCOC(=O)/C=C1\NC2(C)CCCCC2c2ccccc21.I. The van der Waals surface area contributed by atoms with Gasteiger partial charge in [-0.2, -0.15) is 0 Å². The summed E-state index contributed by atoms with van der Waals surface area (Å²) >= 11 is 0. The highest BCUT2D eigenvalue weighted by atomic mass is 127. The number of carbonyl (C=O) groups excluding carboxylic acids is 1. The van der Waals surface area contributed by atoms with Gasteiger partial charge in [0.2, 0.25) is 0 Å². The summed E-state index contributed by atoms with van der Waals surface area (Å²) in [7, 11) is 0. The number of rotatable bonds is 2. The summed E-state index contributed by atoms with van der Waals surface area (Å²) in [6.07, 6.45) is 6.50. The molecule has 1 aliphatic carbocycles. The van der Waals surface area contributed by atoms with Crippen LogP contribution in [0.15, 0.2) is 30.3 Å². The molecular weight excluding hydrogens is 389 g/mol. The van der Waals surface area contributed by atoms with Crippen LogP contribution in [0.25, 0.3) is 5.70 Å². The normalized spacial score (nSPS) is 27.9. The maximum Gasteiger partial charge on any atom is 0.332 e. The molecule has 1 heterocycles. The molecule has 2 unspecified atom stereocenters. The first-order chi connectivity index (χ1) is 10.1. The van der Waals surface area contributed by atoms with Gasteiger partial charge in [0.05, 0.1) is 6.61 Å². The maximum absolute atomic E-state index is 11.8. The smallest absolute Gasteiger partial charge is 0.332 e. The van der Waals surface area contributed by atoms with Crippen molar-refractivity contribution in [2.45, 2.75) is 51.0 Å². The molecule has 1 aromatic carbocycles. The number of halogens is 1. The third kappa shape index (κ3) is 3.16. The van der Waals surface area contributed by atoms with Gasteiger partial charge in [0.25, 0.3) is 0 Å². The van der Waals surface area contributed by atoms with Crippen LogP contribution >= 0.6 is 24.0 Å². The van der Waals surface area contributed by atoms with Crippen molar-refractivity contribution in [2.24, 2.45) is 0 Å². The Labute approximate surface area is 149 Å². The first kappa shape index (κ1) is 17.3. The van der Waals surface area contributed by atoms with Gasteiger partial charge in [-0.1, -0.05) is 37.1 Å². The molecule has 1 aromatic rings. The molecule has 4 heteroatoms. The van der Waals surface area contributed by atoms with Crippen molar-refractivity contribution in [3.8, 4) is 0 Å². The Morgan fingerprint density at radius 3 is 2.95 bits per heavy atom. The third-order valence-electron chi connectivity index (χ3n) is 4.80. The van der Waals surface area contributed by atoms with Crippen LogP contribution in [0, 0.1) is 0 Å². The third-order valence-corrected chi connectivity index (χ3v) is 4.80. The summed E-state index contributed by atoms with van der Waals surface area (Å²) in [5.41, 5.74) is 3.47. The Morgan fingerprint density at radius 1 is 1.41 bits per heavy atom. The summed E-state index contributed by atoms with van der Waals surface area (Å²) in [6, 6.07) is 8.44. The minimum absolute atomic E-state index is 0. The van der Waals surface area contributed by atoms with Crippen molar-refractivity contribution in [1.29, 1.82) is 0 Å². The number of nitrogens with one attached hydrogen (secondary N) is 1. The first-order valence-electron chi connectivity index (χ1n) is 7.90. The summed E-state index contributed by atoms with van der Waals surface area (Å²) in [5.74, 6) is 0.259. The van der Waals surface area contributed by atoms with Crippen molar-refractivity contribution in [1.82, 2.24) is 5.32 Å². The van der Waals surface area contributed by atoms with Crippen molar-refractivity contribution in [3.05, 3.63) is 41.5 Å². The molecule has 0 bridgehead atoms. The van der Waals surface area contributed by atoms with Gasteiger partial charge in [-0.3, -0.25) is 0 Å². The molecule has 22 heavy (non-hydrogen) atoms. The molecule has 1 fully saturated rings. The fourth-order valence-electron chi connectivity index (χ4n) is 3.82. The van der Waals surface area contributed by atoms with Crippen LogP contribution in [-0.4, -0.2) is 18.1 Å². The van der Waals surface area contributed by atoms with Crippen molar-refractivity contribution < 1.29 is 9.53 Å².